The second-order valence-corrected chi connectivity index (χ2v) is 12.7. The molecule has 254 valence electrons. The first-order chi connectivity index (χ1) is 22.1. The normalized spacial score (nSPS) is 16.7. The number of hydrogen-bond acceptors (Lipinski definition) is 4. The van der Waals surface area contributed by atoms with Crippen LogP contribution in [-0.4, -0.2) is 53.1 Å². The Morgan fingerprint density at radius 1 is 0.979 bits per heavy atom. The van der Waals surface area contributed by atoms with Crippen LogP contribution in [0, 0.1) is 0 Å². The molecule has 3 aromatic rings. The molecule has 2 amide bonds. The Morgan fingerprint density at radius 3 is 2.30 bits per heavy atom. The maximum Gasteiger partial charge on any atom is 0.416 e. The van der Waals surface area contributed by atoms with Gasteiger partial charge in [0.2, 0.25) is 0 Å². The van der Waals surface area contributed by atoms with Gasteiger partial charge >= 0.3 is 6.18 Å². The monoisotopic (exact) mass is 671 g/mol. The molecule has 10 heteroatoms. The van der Waals surface area contributed by atoms with Crippen LogP contribution in [0.3, 0.4) is 0 Å². The van der Waals surface area contributed by atoms with Gasteiger partial charge in [-0.3, -0.25) is 9.59 Å². The number of aliphatic hydroxyl groups excluding tert-OH is 1. The first-order valence-corrected chi connectivity index (χ1v) is 16.4. The number of alkyl halides is 3. The van der Waals surface area contributed by atoms with Crippen molar-refractivity contribution in [2.45, 2.75) is 95.1 Å². The van der Waals surface area contributed by atoms with Crippen molar-refractivity contribution < 1.29 is 27.9 Å². The van der Waals surface area contributed by atoms with Crippen molar-refractivity contribution in [3.05, 3.63) is 106 Å². The fraction of sp³-hybridized carbons (Fsp3) is 0.459. The van der Waals surface area contributed by atoms with E-state index in [-0.39, 0.29) is 36.8 Å². The second kappa shape index (κ2) is 15.7. The molecule has 1 fully saturated rings. The van der Waals surface area contributed by atoms with Crippen LogP contribution in [0.25, 0.3) is 0 Å². The van der Waals surface area contributed by atoms with Gasteiger partial charge < -0.3 is 20.6 Å². The van der Waals surface area contributed by atoms with E-state index >= 15 is 0 Å². The molecule has 1 aliphatic carbocycles. The van der Waals surface area contributed by atoms with Crippen molar-refractivity contribution in [2.24, 2.45) is 0 Å². The summed E-state index contributed by atoms with van der Waals surface area (Å²) in [6.07, 6.45) is 0.607. The van der Waals surface area contributed by atoms with Crippen LogP contribution >= 0.6 is 12.4 Å². The van der Waals surface area contributed by atoms with Crippen LogP contribution in [0.15, 0.2) is 72.8 Å². The minimum atomic E-state index is -4.44. The molecule has 0 aromatic heterocycles. The lowest BCUT2D eigenvalue weighted by molar-refractivity contribution is -0.137. The Bertz CT molecular complexity index is 1510. The van der Waals surface area contributed by atoms with Gasteiger partial charge in [0.25, 0.3) is 11.8 Å². The van der Waals surface area contributed by atoms with Gasteiger partial charge in [-0.2, -0.15) is 13.2 Å². The number of carbonyl (C=O) groups excluding carboxylic acids is 2. The maximum absolute atomic E-state index is 13.8. The van der Waals surface area contributed by atoms with Crippen LogP contribution in [0.1, 0.15) is 95.3 Å². The second-order valence-electron chi connectivity index (χ2n) is 12.7. The van der Waals surface area contributed by atoms with Crippen molar-refractivity contribution in [3.63, 3.8) is 0 Å². The van der Waals surface area contributed by atoms with Crippen LogP contribution in [0.2, 0.25) is 0 Å². The van der Waals surface area contributed by atoms with Crippen LogP contribution < -0.4 is 10.6 Å². The minimum Gasteiger partial charge on any atom is -0.390 e. The van der Waals surface area contributed by atoms with Gasteiger partial charge in [-0.05, 0) is 79.5 Å². The molecule has 0 unspecified atom stereocenters. The zero-order chi connectivity index (χ0) is 32.9. The first kappa shape index (κ1) is 36.4. The van der Waals surface area contributed by atoms with Gasteiger partial charge in [0.05, 0.1) is 17.7 Å². The Kier molecular flexibility index (Phi) is 12.1. The summed E-state index contributed by atoms with van der Waals surface area (Å²) in [4.78, 5) is 29.4. The predicted molar refractivity (Wildman–Crippen MR) is 180 cm³/mol. The molecule has 3 aromatic carbocycles. The van der Waals surface area contributed by atoms with E-state index in [2.05, 4.69) is 24.5 Å². The highest BCUT2D eigenvalue weighted by Crippen LogP contribution is 2.46. The summed E-state index contributed by atoms with van der Waals surface area (Å²) in [6.45, 7) is 4.88. The molecule has 2 atom stereocenters. The van der Waals surface area contributed by atoms with E-state index in [1.54, 1.807) is 24.3 Å². The number of amides is 2. The van der Waals surface area contributed by atoms with E-state index in [1.165, 1.54) is 12.1 Å². The Hall–Kier alpha value is -3.40. The van der Waals surface area contributed by atoms with Gasteiger partial charge in [0, 0.05) is 35.8 Å². The number of carbonyl (C=O) groups is 2. The smallest absolute Gasteiger partial charge is 0.390 e. The summed E-state index contributed by atoms with van der Waals surface area (Å²) in [5.41, 5.74) is 1.80. The number of benzene rings is 3. The van der Waals surface area contributed by atoms with Crippen LogP contribution in [0.4, 0.5) is 13.2 Å². The summed E-state index contributed by atoms with van der Waals surface area (Å²) in [5.74, 6) is -0.409. The molecule has 1 saturated carbocycles. The SMILES string of the molecule is CCCC(CCC)N1CCc2c(C(=O)N[C@@H](Cc3ccccc3)[C@H](O)CNC3(c4cccc(C(F)(F)F)c4)CC3)cccc2C1=O.Cl. The van der Waals surface area contributed by atoms with Gasteiger partial charge in [-0.25, -0.2) is 0 Å². The van der Waals surface area contributed by atoms with Gasteiger partial charge in [-0.15, -0.1) is 12.4 Å². The molecule has 2 aliphatic rings. The van der Waals surface area contributed by atoms with Crippen molar-refractivity contribution in [2.75, 3.05) is 13.1 Å². The minimum absolute atomic E-state index is 0. The van der Waals surface area contributed by atoms with Gasteiger partial charge in [0.1, 0.15) is 0 Å². The molecule has 0 radical (unpaired) electrons. The Morgan fingerprint density at radius 2 is 1.66 bits per heavy atom. The molecule has 0 saturated heterocycles. The topological polar surface area (TPSA) is 81.7 Å². The standard InChI is InChI=1S/C37H44F3N3O3.ClH/c1-3-10-28(11-4-2)43-21-18-29-30(16-9-17-31(29)35(43)46)34(45)42-32(22-25-12-6-5-7-13-25)33(44)24-41-36(19-20-36)26-14-8-15-27(23-26)37(38,39)40;/h5-9,12-17,23,28,32-33,41,44H,3-4,10-11,18-22,24H2,1-2H3,(H,42,45);1H/t32-,33+;/m0./s1. The molecule has 0 spiro atoms. The Balaban J connectivity index is 0.00000500. The molecule has 3 N–H and O–H groups in total. The molecule has 5 rings (SSSR count). The average Bonchev–Trinajstić information content (AvgIpc) is 3.85. The van der Waals surface area contributed by atoms with Crippen molar-refractivity contribution in [1.29, 1.82) is 0 Å². The fourth-order valence-corrected chi connectivity index (χ4v) is 6.75. The number of hydrogen-bond donors (Lipinski definition) is 3. The summed E-state index contributed by atoms with van der Waals surface area (Å²) < 4.78 is 40.2. The number of aliphatic hydroxyl groups is 1. The lowest BCUT2D eigenvalue weighted by Crippen LogP contribution is -2.50. The summed E-state index contributed by atoms with van der Waals surface area (Å²) in [6, 6.07) is 19.6. The number of nitrogens with zero attached hydrogens (tertiary/aromatic N) is 1. The predicted octanol–water partition coefficient (Wildman–Crippen LogP) is 7.08. The zero-order valence-corrected chi connectivity index (χ0v) is 27.8. The molecule has 47 heavy (non-hydrogen) atoms. The number of halogens is 4. The van der Waals surface area contributed by atoms with E-state index < -0.39 is 29.4 Å². The van der Waals surface area contributed by atoms with Crippen molar-refractivity contribution in [3.8, 4) is 0 Å². The molecule has 0 bridgehead atoms. The highest BCUT2D eigenvalue weighted by Gasteiger charge is 2.45. The lowest BCUT2D eigenvalue weighted by atomic mass is 9.91. The van der Waals surface area contributed by atoms with Gasteiger partial charge in [0.15, 0.2) is 0 Å². The largest absolute Gasteiger partial charge is 0.416 e. The highest BCUT2D eigenvalue weighted by molar-refractivity contribution is 6.03. The number of rotatable bonds is 14. The third-order valence-corrected chi connectivity index (χ3v) is 9.42. The fourth-order valence-electron chi connectivity index (χ4n) is 6.75. The third-order valence-electron chi connectivity index (χ3n) is 9.42. The average molecular weight is 672 g/mol. The molecular weight excluding hydrogens is 627 g/mol. The van der Waals surface area contributed by atoms with E-state index in [9.17, 15) is 27.9 Å². The van der Waals surface area contributed by atoms with Crippen molar-refractivity contribution in [1.82, 2.24) is 15.5 Å². The van der Waals surface area contributed by atoms with Crippen molar-refractivity contribution >= 4 is 24.2 Å². The lowest BCUT2D eigenvalue weighted by Gasteiger charge is -2.36. The van der Waals surface area contributed by atoms with E-state index in [0.717, 1.165) is 42.9 Å². The van der Waals surface area contributed by atoms with Gasteiger partial charge in [-0.1, -0.05) is 75.2 Å². The summed E-state index contributed by atoms with van der Waals surface area (Å²) >= 11 is 0. The number of nitrogens with one attached hydrogen (secondary N) is 2. The molecule has 6 nitrogen and oxygen atoms in total. The van der Waals surface area contributed by atoms with Crippen LogP contribution in [0.5, 0.6) is 0 Å². The quantitative estimate of drug-likeness (QED) is 0.171. The Labute approximate surface area is 281 Å². The maximum atomic E-state index is 13.8. The van der Waals surface area contributed by atoms with E-state index in [1.807, 2.05) is 35.2 Å². The van der Waals surface area contributed by atoms with E-state index in [0.29, 0.717) is 48.9 Å². The molecule has 1 heterocycles. The first-order valence-electron chi connectivity index (χ1n) is 16.4. The third kappa shape index (κ3) is 8.55. The molecular formula is C37H45ClF3N3O3. The number of fused-ring (bicyclic) bond motifs is 1. The molecule has 1 aliphatic heterocycles. The summed E-state index contributed by atoms with van der Waals surface area (Å²) in [5, 5.41) is 17.8. The van der Waals surface area contributed by atoms with Crippen LogP contribution in [-0.2, 0) is 24.6 Å². The zero-order valence-electron chi connectivity index (χ0n) is 27.0. The summed E-state index contributed by atoms with van der Waals surface area (Å²) in [7, 11) is 0. The highest BCUT2D eigenvalue weighted by atomic mass is 35.5. The van der Waals surface area contributed by atoms with E-state index in [4.69, 9.17) is 0 Å².